The molecule has 21 heavy (non-hydrogen) atoms. The lowest BCUT2D eigenvalue weighted by molar-refractivity contribution is -0.386. The number of rotatable bonds is 7. The summed E-state index contributed by atoms with van der Waals surface area (Å²) < 4.78 is 6.97. The minimum atomic E-state index is -0.649. The maximum atomic E-state index is 10.9. The van der Waals surface area contributed by atoms with Crippen LogP contribution in [0.3, 0.4) is 0 Å². The first-order valence-electron chi connectivity index (χ1n) is 7.17. The van der Waals surface area contributed by atoms with Crippen molar-refractivity contribution in [2.24, 2.45) is 0 Å². The van der Waals surface area contributed by atoms with Gasteiger partial charge in [-0.25, -0.2) is 0 Å². The molecule has 1 aromatic heterocycles. The molecule has 8 heteroatoms. The average molecular weight is 298 g/mol. The molecule has 2 atom stereocenters. The largest absolute Gasteiger partial charge is 0.390 e. The molecule has 0 aromatic carbocycles. The zero-order valence-corrected chi connectivity index (χ0v) is 12.4. The van der Waals surface area contributed by atoms with Gasteiger partial charge in [-0.3, -0.25) is 14.8 Å². The van der Waals surface area contributed by atoms with Crippen LogP contribution in [0.5, 0.6) is 0 Å². The van der Waals surface area contributed by atoms with Crippen molar-refractivity contribution in [2.45, 2.75) is 45.4 Å². The average Bonchev–Trinajstić information content (AvgIpc) is 2.99. The lowest BCUT2D eigenvalue weighted by Crippen LogP contribution is -2.35. The molecular weight excluding hydrogens is 276 g/mol. The van der Waals surface area contributed by atoms with E-state index < -0.39 is 11.0 Å². The predicted molar refractivity (Wildman–Crippen MR) is 76.2 cm³/mol. The van der Waals surface area contributed by atoms with Crippen LogP contribution in [0.15, 0.2) is 0 Å². The molecule has 1 aliphatic rings. The molecule has 8 nitrogen and oxygen atoms in total. The number of aliphatic hydroxyl groups excluding tert-OH is 1. The van der Waals surface area contributed by atoms with Crippen LogP contribution in [0.25, 0.3) is 0 Å². The third-order valence-corrected chi connectivity index (χ3v) is 3.69. The fraction of sp³-hybridized carbons (Fsp3) is 0.769. The van der Waals surface area contributed by atoms with Crippen molar-refractivity contribution in [3.63, 3.8) is 0 Å². The summed E-state index contributed by atoms with van der Waals surface area (Å²) in [5.74, 6) is 0. The summed E-state index contributed by atoms with van der Waals surface area (Å²) in [5.41, 5.74) is 0.863. The van der Waals surface area contributed by atoms with E-state index in [2.05, 4.69) is 10.4 Å². The van der Waals surface area contributed by atoms with Crippen molar-refractivity contribution in [3.05, 3.63) is 21.5 Å². The van der Waals surface area contributed by atoms with Crippen LogP contribution in [0.4, 0.5) is 5.69 Å². The van der Waals surface area contributed by atoms with Crippen LogP contribution in [0.1, 0.15) is 24.2 Å². The van der Waals surface area contributed by atoms with Crippen LogP contribution in [0.2, 0.25) is 0 Å². The second-order valence-corrected chi connectivity index (χ2v) is 5.41. The first-order chi connectivity index (χ1) is 9.99. The van der Waals surface area contributed by atoms with Gasteiger partial charge in [-0.2, -0.15) is 5.10 Å². The SMILES string of the molecule is Cc1nn(CC(O)CNCC2CCCO2)c(C)c1[N+](=O)[O-]. The second-order valence-electron chi connectivity index (χ2n) is 5.41. The van der Waals surface area contributed by atoms with E-state index in [1.54, 1.807) is 13.8 Å². The van der Waals surface area contributed by atoms with E-state index in [1.807, 2.05) is 0 Å². The highest BCUT2D eigenvalue weighted by Crippen LogP contribution is 2.21. The van der Waals surface area contributed by atoms with E-state index in [4.69, 9.17) is 4.74 Å². The summed E-state index contributed by atoms with van der Waals surface area (Å²) in [6, 6.07) is 0. The second kappa shape index (κ2) is 6.97. The minimum Gasteiger partial charge on any atom is -0.390 e. The topological polar surface area (TPSA) is 102 Å². The number of aromatic nitrogens is 2. The molecule has 0 amide bonds. The zero-order chi connectivity index (χ0) is 15.4. The third kappa shape index (κ3) is 3.99. The van der Waals surface area contributed by atoms with Crippen LogP contribution in [-0.2, 0) is 11.3 Å². The molecule has 2 unspecified atom stereocenters. The molecule has 1 saturated heterocycles. The lowest BCUT2D eigenvalue weighted by Gasteiger charge is -2.15. The third-order valence-electron chi connectivity index (χ3n) is 3.69. The number of nitro groups is 1. The molecule has 0 spiro atoms. The number of ether oxygens (including phenoxy) is 1. The number of hydrogen-bond donors (Lipinski definition) is 2. The summed E-state index contributed by atoms with van der Waals surface area (Å²) in [6.45, 7) is 5.41. The van der Waals surface area contributed by atoms with Crippen molar-refractivity contribution < 1.29 is 14.8 Å². The highest BCUT2D eigenvalue weighted by molar-refractivity contribution is 5.39. The van der Waals surface area contributed by atoms with Crippen molar-refractivity contribution >= 4 is 5.69 Å². The molecule has 0 saturated carbocycles. The van der Waals surface area contributed by atoms with Crippen LogP contribution >= 0.6 is 0 Å². The fourth-order valence-electron chi connectivity index (χ4n) is 2.61. The number of nitrogens with one attached hydrogen (secondary N) is 1. The van der Waals surface area contributed by atoms with Gasteiger partial charge < -0.3 is 15.2 Å². The van der Waals surface area contributed by atoms with Crippen molar-refractivity contribution in [1.82, 2.24) is 15.1 Å². The maximum Gasteiger partial charge on any atom is 0.312 e. The molecule has 0 bridgehead atoms. The molecule has 1 fully saturated rings. The lowest BCUT2D eigenvalue weighted by atomic mass is 10.2. The molecule has 0 radical (unpaired) electrons. The Morgan fingerprint density at radius 3 is 2.95 bits per heavy atom. The van der Waals surface area contributed by atoms with E-state index in [1.165, 1.54) is 4.68 Å². The number of nitrogens with zero attached hydrogens (tertiary/aromatic N) is 3. The first kappa shape index (κ1) is 15.9. The Kier molecular flexibility index (Phi) is 5.27. The summed E-state index contributed by atoms with van der Waals surface area (Å²) >= 11 is 0. The van der Waals surface area contributed by atoms with E-state index in [0.29, 0.717) is 24.5 Å². The highest BCUT2D eigenvalue weighted by Gasteiger charge is 2.23. The Morgan fingerprint density at radius 2 is 2.38 bits per heavy atom. The van der Waals surface area contributed by atoms with Gasteiger partial charge in [0.2, 0.25) is 0 Å². The highest BCUT2D eigenvalue weighted by atomic mass is 16.6. The standard InChI is InChI=1S/C13H22N4O4/c1-9-13(17(19)20)10(2)16(15-9)8-11(18)6-14-7-12-4-3-5-21-12/h11-12,14,18H,3-8H2,1-2H3. The summed E-state index contributed by atoms with van der Waals surface area (Å²) in [7, 11) is 0. The molecule has 1 aliphatic heterocycles. The fourth-order valence-corrected chi connectivity index (χ4v) is 2.61. The van der Waals surface area contributed by atoms with Gasteiger partial charge >= 0.3 is 5.69 Å². The normalized spacial score (nSPS) is 19.9. The summed E-state index contributed by atoms with van der Waals surface area (Å²) in [5, 5.41) is 28.2. The van der Waals surface area contributed by atoms with E-state index in [9.17, 15) is 15.2 Å². The van der Waals surface area contributed by atoms with Gasteiger partial charge in [-0.05, 0) is 26.7 Å². The Bertz CT molecular complexity index is 497. The summed E-state index contributed by atoms with van der Waals surface area (Å²) in [4.78, 5) is 10.5. The zero-order valence-electron chi connectivity index (χ0n) is 12.4. The van der Waals surface area contributed by atoms with Crippen LogP contribution in [-0.4, -0.2) is 51.7 Å². The van der Waals surface area contributed by atoms with Gasteiger partial charge in [0.1, 0.15) is 11.4 Å². The Morgan fingerprint density at radius 1 is 1.62 bits per heavy atom. The Labute approximate surface area is 123 Å². The van der Waals surface area contributed by atoms with Gasteiger partial charge in [0.05, 0.1) is 23.7 Å². The molecule has 2 N–H and O–H groups in total. The predicted octanol–water partition coefficient (Wildman–Crippen LogP) is 0.538. The molecular formula is C13H22N4O4. The van der Waals surface area contributed by atoms with Crippen molar-refractivity contribution in [1.29, 1.82) is 0 Å². The van der Waals surface area contributed by atoms with E-state index in [-0.39, 0.29) is 18.3 Å². The number of aliphatic hydroxyl groups is 1. The number of aryl methyl sites for hydroxylation is 1. The quantitative estimate of drug-likeness (QED) is 0.562. The molecule has 2 rings (SSSR count). The smallest absolute Gasteiger partial charge is 0.312 e. The van der Waals surface area contributed by atoms with Gasteiger partial charge in [0, 0.05) is 19.7 Å². The van der Waals surface area contributed by atoms with E-state index in [0.717, 1.165) is 19.4 Å². The maximum absolute atomic E-state index is 10.9. The van der Waals surface area contributed by atoms with Gasteiger partial charge in [-0.15, -0.1) is 0 Å². The van der Waals surface area contributed by atoms with Crippen LogP contribution < -0.4 is 5.32 Å². The number of hydrogen-bond acceptors (Lipinski definition) is 6. The van der Waals surface area contributed by atoms with E-state index >= 15 is 0 Å². The first-order valence-corrected chi connectivity index (χ1v) is 7.17. The van der Waals surface area contributed by atoms with Crippen molar-refractivity contribution in [2.75, 3.05) is 19.7 Å². The van der Waals surface area contributed by atoms with Gasteiger partial charge in [-0.1, -0.05) is 0 Å². The molecule has 2 heterocycles. The molecule has 0 aliphatic carbocycles. The Balaban J connectivity index is 1.83. The summed E-state index contributed by atoms with van der Waals surface area (Å²) in [6.07, 6.45) is 1.72. The molecule has 1 aromatic rings. The minimum absolute atomic E-state index is 0.0227. The van der Waals surface area contributed by atoms with Crippen LogP contribution in [0, 0.1) is 24.0 Å². The van der Waals surface area contributed by atoms with Gasteiger partial charge in [0.25, 0.3) is 0 Å². The molecule has 118 valence electrons. The van der Waals surface area contributed by atoms with Gasteiger partial charge in [0.15, 0.2) is 0 Å². The Hall–Kier alpha value is -1.51. The monoisotopic (exact) mass is 298 g/mol. The van der Waals surface area contributed by atoms with Crippen molar-refractivity contribution in [3.8, 4) is 0 Å².